The van der Waals surface area contributed by atoms with E-state index in [-0.39, 0.29) is 71.7 Å². The summed E-state index contributed by atoms with van der Waals surface area (Å²) in [5.41, 5.74) is -2.11. The molecule has 2 unspecified atom stereocenters. The lowest BCUT2D eigenvalue weighted by Gasteiger charge is -2.71. The molecule has 0 amide bonds. The molecule has 4 fully saturated rings. The van der Waals surface area contributed by atoms with Gasteiger partial charge in [0, 0.05) is 5.41 Å². The second kappa shape index (κ2) is 13.9. The van der Waals surface area contributed by atoms with E-state index in [0.29, 0.717) is 19.3 Å². The van der Waals surface area contributed by atoms with Crippen LogP contribution < -0.4 is 0 Å². The van der Waals surface area contributed by atoms with E-state index in [9.17, 15) is 39.3 Å². The highest BCUT2D eigenvalue weighted by Gasteiger charge is 2.70. The molecule has 5 aliphatic carbocycles. The Morgan fingerprint density at radius 2 is 1.30 bits per heavy atom. The smallest absolute Gasteiger partial charge is 0.310 e. The normalized spacial score (nSPS) is 38.7. The van der Waals surface area contributed by atoms with Crippen molar-refractivity contribution in [2.75, 3.05) is 6.61 Å². The van der Waals surface area contributed by atoms with Crippen LogP contribution in [0.5, 0.6) is 0 Å². The van der Waals surface area contributed by atoms with Gasteiger partial charge in [-0.3, -0.25) is 24.0 Å². The fraction of sp³-hybridized carbons (Fsp3) is 0.841. The van der Waals surface area contributed by atoms with Crippen molar-refractivity contribution < 1.29 is 48.8 Å². The van der Waals surface area contributed by atoms with E-state index in [0.717, 1.165) is 44.9 Å². The Labute approximate surface area is 322 Å². The van der Waals surface area contributed by atoms with Gasteiger partial charge in [-0.15, -0.1) is 0 Å². The number of aliphatic carboxylic acids is 3. The zero-order valence-corrected chi connectivity index (χ0v) is 34.7. The third-order valence-corrected chi connectivity index (χ3v) is 16.1. The summed E-state index contributed by atoms with van der Waals surface area (Å²) in [7, 11) is 0. The molecule has 10 heteroatoms. The lowest BCUT2D eigenvalue weighted by molar-refractivity contribution is -0.228. The summed E-state index contributed by atoms with van der Waals surface area (Å²) in [6.45, 7) is 20.9. The van der Waals surface area contributed by atoms with E-state index in [4.69, 9.17) is 9.47 Å². The molecule has 0 saturated heterocycles. The lowest BCUT2D eigenvalue weighted by atomic mass is 9.33. The van der Waals surface area contributed by atoms with Crippen molar-refractivity contribution in [3.05, 3.63) is 11.6 Å². The monoisotopic (exact) mass is 756 g/mol. The molecule has 0 aliphatic heterocycles. The Bertz CT molecular complexity index is 1570. The van der Waals surface area contributed by atoms with Gasteiger partial charge in [0.1, 0.15) is 12.7 Å². The molecular weight excluding hydrogens is 688 g/mol. The third kappa shape index (κ3) is 7.37. The molecule has 0 aromatic rings. The summed E-state index contributed by atoms with van der Waals surface area (Å²) >= 11 is 0. The largest absolute Gasteiger partial charge is 0.481 e. The number of fused-ring (bicyclic) bond motifs is 7. The number of carbonyl (C=O) groups excluding carboxylic acids is 2. The Morgan fingerprint density at radius 3 is 1.87 bits per heavy atom. The first kappa shape index (κ1) is 42.2. The Hall–Kier alpha value is -2.91. The number of esters is 2. The minimum absolute atomic E-state index is 0.0105. The molecule has 54 heavy (non-hydrogen) atoms. The summed E-state index contributed by atoms with van der Waals surface area (Å²) in [5.74, 6) is -3.26. The zero-order valence-electron chi connectivity index (χ0n) is 34.7. The molecule has 0 heterocycles. The summed E-state index contributed by atoms with van der Waals surface area (Å²) in [5, 5.41) is 29.6. The van der Waals surface area contributed by atoms with Gasteiger partial charge in [-0.1, -0.05) is 80.9 Å². The molecule has 0 radical (unpaired) electrons. The van der Waals surface area contributed by atoms with Gasteiger partial charge in [0.15, 0.2) is 0 Å². The molecular formula is C44H68O10. The zero-order chi connectivity index (χ0) is 40.5. The van der Waals surface area contributed by atoms with Crippen LogP contribution in [0, 0.1) is 61.1 Å². The van der Waals surface area contributed by atoms with E-state index in [1.165, 1.54) is 5.57 Å². The van der Waals surface area contributed by atoms with Gasteiger partial charge in [0.2, 0.25) is 0 Å². The van der Waals surface area contributed by atoms with Crippen LogP contribution >= 0.6 is 0 Å². The van der Waals surface area contributed by atoms with Crippen LogP contribution in [-0.4, -0.2) is 57.9 Å². The number of carboxylic acid groups (broad SMARTS) is 3. The topological polar surface area (TPSA) is 164 Å². The minimum Gasteiger partial charge on any atom is -0.481 e. The standard InChI is InChI=1S/C44H68O10/c1-37(2)17-19-44(36(51)52)20-18-42(9)27(28(44)21-37)11-12-30-40(7)15-14-31(54-35(50)25-39(5,6)23-33(47)48)41(8,29(40)13-16-43(30,42)10)26-53-34(49)24-38(3,4)22-32(45)46/h11,28-31H,12-26H2,1-10H3,(H,45,46)(H,47,48)(H,51,52)/t28-,29?,30?,31-,40-,41-,42+,43+,44-/m0/s1. The fourth-order valence-corrected chi connectivity index (χ4v) is 13.0. The number of rotatable bonds is 12. The molecule has 0 aromatic heterocycles. The summed E-state index contributed by atoms with van der Waals surface area (Å²) in [6, 6.07) is 0. The van der Waals surface area contributed by atoms with Crippen molar-refractivity contribution in [2.45, 2.75) is 165 Å². The van der Waals surface area contributed by atoms with Crippen molar-refractivity contribution >= 4 is 29.8 Å². The minimum atomic E-state index is -0.983. The van der Waals surface area contributed by atoms with E-state index >= 15 is 0 Å². The van der Waals surface area contributed by atoms with Gasteiger partial charge >= 0.3 is 29.8 Å². The van der Waals surface area contributed by atoms with Gasteiger partial charge in [-0.25, -0.2) is 0 Å². The maximum absolute atomic E-state index is 13.5. The fourth-order valence-electron chi connectivity index (χ4n) is 13.0. The van der Waals surface area contributed by atoms with E-state index in [1.807, 2.05) is 0 Å². The maximum Gasteiger partial charge on any atom is 0.310 e. The third-order valence-electron chi connectivity index (χ3n) is 16.1. The predicted molar refractivity (Wildman–Crippen MR) is 203 cm³/mol. The van der Waals surface area contributed by atoms with E-state index < -0.39 is 57.6 Å². The Kier molecular flexibility index (Phi) is 10.9. The second-order valence-corrected chi connectivity index (χ2v) is 21.7. The van der Waals surface area contributed by atoms with Crippen molar-refractivity contribution in [2.24, 2.45) is 61.1 Å². The highest BCUT2D eigenvalue weighted by molar-refractivity contribution is 5.77. The maximum atomic E-state index is 13.5. The van der Waals surface area contributed by atoms with Crippen molar-refractivity contribution in [1.82, 2.24) is 0 Å². The summed E-state index contributed by atoms with van der Waals surface area (Å²) in [4.78, 5) is 63.0. The lowest BCUT2D eigenvalue weighted by Crippen LogP contribution is -2.66. The highest BCUT2D eigenvalue weighted by atomic mass is 16.6. The SMILES string of the molecule is CC(C)(CC(=O)O)CC(=O)OC[C@@]1(C)C2CC[C@]3(C)C(CC=C4[C@@H]5CC(C)(C)CC[C@]5(C(=O)O)CC[C@]43C)[C@@]2(C)CC[C@@H]1OC(=O)CC(C)(C)CC(=O)O. The van der Waals surface area contributed by atoms with Gasteiger partial charge in [0.05, 0.1) is 31.1 Å². The number of hydrogen-bond donors (Lipinski definition) is 3. The molecule has 5 rings (SSSR count). The molecule has 304 valence electrons. The molecule has 0 spiro atoms. The molecule has 9 atom stereocenters. The van der Waals surface area contributed by atoms with Crippen LogP contribution in [-0.2, 0) is 33.4 Å². The first-order chi connectivity index (χ1) is 24.7. The van der Waals surface area contributed by atoms with Crippen LogP contribution in [0.1, 0.15) is 159 Å². The van der Waals surface area contributed by atoms with E-state index in [2.05, 4.69) is 47.6 Å². The van der Waals surface area contributed by atoms with Crippen LogP contribution in [0.25, 0.3) is 0 Å². The van der Waals surface area contributed by atoms with Gasteiger partial charge in [0.25, 0.3) is 0 Å². The summed E-state index contributed by atoms with van der Waals surface area (Å²) in [6.07, 6.45) is 9.38. The van der Waals surface area contributed by atoms with E-state index in [1.54, 1.807) is 27.7 Å². The van der Waals surface area contributed by atoms with Gasteiger partial charge in [-0.05, 0) is 114 Å². The van der Waals surface area contributed by atoms with Crippen LogP contribution in [0.2, 0.25) is 0 Å². The first-order valence-corrected chi connectivity index (χ1v) is 20.4. The molecule has 5 aliphatic rings. The first-order valence-electron chi connectivity index (χ1n) is 20.4. The number of carbonyl (C=O) groups is 5. The van der Waals surface area contributed by atoms with Crippen molar-refractivity contribution in [3.63, 3.8) is 0 Å². The predicted octanol–water partition coefficient (Wildman–Crippen LogP) is 9.09. The molecule has 0 aromatic carbocycles. The van der Waals surface area contributed by atoms with Crippen LogP contribution in [0.3, 0.4) is 0 Å². The average Bonchev–Trinajstić information content (AvgIpc) is 2.99. The number of carboxylic acids is 3. The Morgan fingerprint density at radius 1 is 0.722 bits per heavy atom. The van der Waals surface area contributed by atoms with Crippen LogP contribution in [0.4, 0.5) is 0 Å². The number of hydrogen-bond acceptors (Lipinski definition) is 7. The van der Waals surface area contributed by atoms with Crippen molar-refractivity contribution in [1.29, 1.82) is 0 Å². The molecule has 4 saturated carbocycles. The Balaban J connectivity index is 1.49. The molecule has 10 nitrogen and oxygen atoms in total. The molecule has 0 bridgehead atoms. The van der Waals surface area contributed by atoms with Crippen LogP contribution in [0.15, 0.2) is 11.6 Å². The average molecular weight is 757 g/mol. The number of allylic oxidation sites excluding steroid dienone is 2. The number of ether oxygens (including phenoxy) is 2. The summed E-state index contributed by atoms with van der Waals surface area (Å²) < 4.78 is 12.4. The second-order valence-electron chi connectivity index (χ2n) is 21.7. The quantitative estimate of drug-likeness (QED) is 0.129. The van der Waals surface area contributed by atoms with Gasteiger partial charge < -0.3 is 24.8 Å². The highest BCUT2D eigenvalue weighted by Crippen LogP contribution is 2.76. The van der Waals surface area contributed by atoms with Crippen molar-refractivity contribution in [3.8, 4) is 0 Å². The van der Waals surface area contributed by atoms with Gasteiger partial charge in [-0.2, -0.15) is 0 Å². The molecule has 3 N–H and O–H groups in total.